The molecule has 0 bridgehead atoms. The van der Waals surface area contributed by atoms with Crippen LogP contribution in [0.4, 0.5) is 17.3 Å². The smallest absolute Gasteiger partial charge is 0.276 e. The highest BCUT2D eigenvalue weighted by Crippen LogP contribution is 2.18. The third kappa shape index (κ3) is 3.08. The lowest BCUT2D eigenvalue weighted by molar-refractivity contribution is -0.384. The van der Waals surface area contributed by atoms with Crippen LogP contribution in [0.5, 0.6) is 0 Å². The van der Waals surface area contributed by atoms with E-state index < -0.39 is 4.92 Å². The van der Waals surface area contributed by atoms with Crippen LogP contribution in [0.15, 0.2) is 12.1 Å². The number of rotatable bonds is 4. The number of anilines is 2. The Morgan fingerprint density at radius 2 is 2.31 bits per heavy atom. The number of nitrogens with two attached hydrogens (primary N) is 1. The van der Waals surface area contributed by atoms with E-state index >= 15 is 0 Å². The van der Waals surface area contributed by atoms with E-state index in [1.54, 1.807) is 0 Å². The minimum absolute atomic E-state index is 0.0219. The average molecular weight is 225 g/mol. The molecule has 1 amide bonds. The predicted molar refractivity (Wildman–Crippen MR) is 57.9 cm³/mol. The highest BCUT2D eigenvalue weighted by atomic mass is 16.6. The van der Waals surface area contributed by atoms with Gasteiger partial charge < -0.3 is 16.4 Å². The van der Waals surface area contributed by atoms with Crippen molar-refractivity contribution in [3.63, 3.8) is 0 Å². The topological polar surface area (TPSA) is 123 Å². The van der Waals surface area contributed by atoms with Crippen molar-refractivity contribution in [3.8, 4) is 0 Å². The van der Waals surface area contributed by atoms with Crippen molar-refractivity contribution in [3.05, 3.63) is 22.2 Å². The number of aromatic nitrogens is 1. The van der Waals surface area contributed by atoms with Gasteiger partial charge in [-0.1, -0.05) is 0 Å². The zero-order valence-electron chi connectivity index (χ0n) is 8.56. The van der Waals surface area contributed by atoms with E-state index in [1.807, 2.05) is 0 Å². The second-order valence-corrected chi connectivity index (χ2v) is 2.92. The first kappa shape index (κ1) is 11.7. The monoisotopic (exact) mass is 225 g/mol. The van der Waals surface area contributed by atoms with Gasteiger partial charge in [0, 0.05) is 7.05 Å². The molecule has 1 aromatic rings. The standard InChI is InChI=1S/C8H11N5O3/c1-10-8(14)4-11-7-3-5(13(15)16)2-6(9)12-7/h2-3H,4H2,1H3,(H,10,14)(H3,9,11,12). The van der Waals surface area contributed by atoms with Crippen LogP contribution in [-0.4, -0.2) is 29.4 Å². The summed E-state index contributed by atoms with van der Waals surface area (Å²) in [6.45, 7) is -0.0237. The van der Waals surface area contributed by atoms with Crippen LogP contribution in [0.3, 0.4) is 0 Å². The number of amides is 1. The molecular formula is C8H11N5O3. The van der Waals surface area contributed by atoms with Crippen molar-refractivity contribution in [2.75, 3.05) is 24.6 Å². The molecule has 8 nitrogen and oxygen atoms in total. The Labute approximate surface area is 91.0 Å². The van der Waals surface area contributed by atoms with Crippen LogP contribution >= 0.6 is 0 Å². The molecule has 0 aliphatic heterocycles. The van der Waals surface area contributed by atoms with Gasteiger partial charge in [-0.2, -0.15) is 0 Å². The van der Waals surface area contributed by atoms with E-state index in [9.17, 15) is 14.9 Å². The van der Waals surface area contributed by atoms with Gasteiger partial charge in [0.05, 0.1) is 23.6 Å². The van der Waals surface area contributed by atoms with Gasteiger partial charge in [-0.15, -0.1) is 0 Å². The summed E-state index contributed by atoms with van der Waals surface area (Å²) in [4.78, 5) is 24.7. The number of carbonyl (C=O) groups excluding carboxylic acids is 1. The fourth-order valence-electron chi connectivity index (χ4n) is 0.992. The molecule has 0 aromatic carbocycles. The van der Waals surface area contributed by atoms with Gasteiger partial charge in [0.2, 0.25) is 5.91 Å². The summed E-state index contributed by atoms with van der Waals surface area (Å²) in [6, 6.07) is 2.35. The minimum atomic E-state index is -0.580. The summed E-state index contributed by atoms with van der Waals surface area (Å²) < 4.78 is 0. The average Bonchev–Trinajstić information content (AvgIpc) is 2.25. The predicted octanol–water partition coefficient (Wildman–Crippen LogP) is -0.270. The van der Waals surface area contributed by atoms with Crippen LogP contribution in [0.25, 0.3) is 0 Å². The number of likely N-dealkylation sites (N-methyl/N-ethyl adjacent to an activating group) is 1. The number of nitrogens with one attached hydrogen (secondary N) is 2. The van der Waals surface area contributed by atoms with Gasteiger partial charge in [-0.3, -0.25) is 14.9 Å². The van der Waals surface area contributed by atoms with Gasteiger partial charge in [0.25, 0.3) is 5.69 Å². The summed E-state index contributed by atoms with van der Waals surface area (Å²) in [5, 5.41) is 15.5. The first-order valence-corrected chi connectivity index (χ1v) is 4.39. The summed E-state index contributed by atoms with van der Waals surface area (Å²) in [5.74, 6) is -0.0456. The molecule has 4 N–H and O–H groups in total. The number of hydrogen-bond donors (Lipinski definition) is 3. The van der Waals surface area contributed by atoms with Gasteiger partial charge in [0.1, 0.15) is 11.6 Å². The number of nitrogen functional groups attached to an aromatic ring is 1. The van der Waals surface area contributed by atoms with Crippen molar-refractivity contribution < 1.29 is 9.72 Å². The molecule has 16 heavy (non-hydrogen) atoms. The van der Waals surface area contributed by atoms with Crippen LogP contribution in [0, 0.1) is 10.1 Å². The molecule has 1 rings (SSSR count). The molecular weight excluding hydrogens is 214 g/mol. The highest BCUT2D eigenvalue weighted by molar-refractivity contribution is 5.80. The van der Waals surface area contributed by atoms with Crippen molar-refractivity contribution in [2.24, 2.45) is 0 Å². The summed E-state index contributed by atoms with van der Waals surface area (Å²) in [5.41, 5.74) is 5.21. The lowest BCUT2D eigenvalue weighted by atomic mass is 10.3. The van der Waals surface area contributed by atoms with Crippen molar-refractivity contribution in [2.45, 2.75) is 0 Å². The van der Waals surface area contributed by atoms with Crippen LogP contribution in [0.1, 0.15) is 0 Å². The molecule has 1 aromatic heterocycles. The molecule has 0 radical (unpaired) electrons. The van der Waals surface area contributed by atoms with Gasteiger partial charge in [-0.25, -0.2) is 4.98 Å². The number of pyridine rings is 1. The van der Waals surface area contributed by atoms with Crippen molar-refractivity contribution in [1.29, 1.82) is 0 Å². The number of carbonyl (C=O) groups is 1. The second kappa shape index (κ2) is 4.91. The second-order valence-electron chi connectivity index (χ2n) is 2.92. The quantitative estimate of drug-likeness (QED) is 0.478. The van der Waals surface area contributed by atoms with E-state index in [0.29, 0.717) is 0 Å². The van der Waals surface area contributed by atoms with E-state index in [0.717, 1.165) is 6.07 Å². The molecule has 8 heteroatoms. The van der Waals surface area contributed by atoms with Crippen molar-refractivity contribution >= 4 is 23.2 Å². The molecule has 0 aliphatic carbocycles. The van der Waals surface area contributed by atoms with Crippen molar-refractivity contribution in [1.82, 2.24) is 10.3 Å². The fraction of sp³-hybridized carbons (Fsp3) is 0.250. The lowest BCUT2D eigenvalue weighted by Gasteiger charge is -2.04. The fourth-order valence-corrected chi connectivity index (χ4v) is 0.992. The Hall–Kier alpha value is -2.38. The molecule has 1 heterocycles. The van der Waals surface area contributed by atoms with Gasteiger partial charge >= 0.3 is 0 Å². The Bertz CT molecular complexity index is 420. The molecule has 0 atom stereocenters. The summed E-state index contributed by atoms with van der Waals surface area (Å²) >= 11 is 0. The largest absolute Gasteiger partial charge is 0.383 e. The van der Waals surface area contributed by atoms with Gasteiger partial charge in [-0.05, 0) is 0 Å². The number of nitrogens with zero attached hydrogens (tertiary/aromatic N) is 2. The van der Waals surface area contributed by atoms with Crippen LogP contribution < -0.4 is 16.4 Å². The first-order chi connectivity index (χ1) is 7.52. The minimum Gasteiger partial charge on any atom is -0.383 e. The van der Waals surface area contributed by atoms with E-state index in [1.165, 1.54) is 13.1 Å². The third-order valence-electron chi connectivity index (χ3n) is 1.75. The number of hydrogen-bond acceptors (Lipinski definition) is 6. The van der Waals surface area contributed by atoms with Gasteiger partial charge in [0.15, 0.2) is 0 Å². The number of nitro groups is 1. The molecule has 0 saturated heterocycles. The normalized spacial score (nSPS) is 9.56. The van der Waals surface area contributed by atoms with E-state index in [4.69, 9.17) is 5.73 Å². The van der Waals surface area contributed by atoms with E-state index in [-0.39, 0.29) is 29.8 Å². The zero-order valence-corrected chi connectivity index (χ0v) is 8.56. The SMILES string of the molecule is CNC(=O)CNc1cc([N+](=O)[O-])cc(N)n1. The van der Waals surface area contributed by atoms with Crippen LogP contribution in [0.2, 0.25) is 0 Å². The molecule has 0 aliphatic rings. The zero-order chi connectivity index (χ0) is 12.1. The maximum absolute atomic E-state index is 10.9. The summed E-state index contributed by atoms with van der Waals surface area (Å²) in [6.07, 6.45) is 0. The maximum Gasteiger partial charge on any atom is 0.276 e. The Kier molecular flexibility index (Phi) is 3.59. The molecule has 86 valence electrons. The highest BCUT2D eigenvalue weighted by Gasteiger charge is 2.10. The Balaban J connectivity index is 2.80. The summed E-state index contributed by atoms with van der Waals surface area (Å²) in [7, 11) is 1.49. The molecule has 0 unspecified atom stereocenters. The lowest BCUT2D eigenvalue weighted by Crippen LogP contribution is -2.26. The molecule has 0 spiro atoms. The van der Waals surface area contributed by atoms with Crippen LogP contribution in [-0.2, 0) is 4.79 Å². The third-order valence-corrected chi connectivity index (χ3v) is 1.75. The Morgan fingerprint density at radius 1 is 1.62 bits per heavy atom. The molecule has 0 fully saturated rings. The maximum atomic E-state index is 10.9. The van der Waals surface area contributed by atoms with E-state index in [2.05, 4.69) is 15.6 Å². The molecule has 0 saturated carbocycles. The first-order valence-electron chi connectivity index (χ1n) is 4.39. The Morgan fingerprint density at radius 3 is 2.88 bits per heavy atom.